The second kappa shape index (κ2) is 23.0. The molecule has 0 spiro atoms. The maximum atomic E-state index is 15.2. The Morgan fingerprint density at radius 3 is 1.64 bits per heavy atom. The number of alkyl halides is 2. The summed E-state index contributed by atoms with van der Waals surface area (Å²) in [6.07, 6.45) is 2.83. The fraction of sp³-hybridized carbons (Fsp3) is 0.689. The van der Waals surface area contributed by atoms with Gasteiger partial charge in [-0.05, 0) is 108 Å². The van der Waals surface area contributed by atoms with Crippen molar-refractivity contribution in [3.8, 4) is 34.5 Å². The molecule has 0 bridgehead atoms. The van der Waals surface area contributed by atoms with Crippen LogP contribution in [-0.2, 0) is 13.9 Å². The van der Waals surface area contributed by atoms with Gasteiger partial charge in [-0.15, -0.1) is 0 Å². The van der Waals surface area contributed by atoms with Gasteiger partial charge in [-0.2, -0.15) is 0 Å². The number of esters is 2. The number of benzene rings is 2. The molecule has 1 aliphatic heterocycles. The lowest BCUT2D eigenvalue weighted by atomic mass is 10.1. The number of hydrogen-bond donors (Lipinski definition) is 0. The van der Waals surface area contributed by atoms with E-state index in [2.05, 4.69) is 33.9 Å². The maximum Gasteiger partial charge on any atom is 0.338 e. The largest absolute Gasteiger partial charge is 0.493 e. The minimum Gasteiger partial charge on any atom is -0.493 e. The van der Waals surface area contributed by atoms with Crippen LogP contribution < -0.4 is 28.4 Å². The minimum absolute atomic E-state index is 0.0979. The standard InChI is InChI=1S/C45H72F2N2O11Si/c1-43(2,3)60-42(51)33-28-37(54-9)40(56-11)38(29-33)57-24-16-19-34(59-41(50)32-26-35(52-7)39(55-10)36(27-32)53-8)18-14-15-20-48-22-23-49(31-45(46,47)30-48)21-17-25-58-61(12,13)44(4,5)6/h26-29,34H,14-25,30-31H2,1-13H3. The zero-order chi connectivity index (χ0) is 45.6. The van der Waals surface area contributed by atoms with Gasteiger partial charge in [0, 0.05) is 26.2 Å². The summed E-state index contributed by atoms with van der Waals surface area (Å²) in [5.74, 6) is -2.08. The van der Waals surface area contributed by atoms with Gasteiger partial charge in [0.1, 0.15) is 11.7 Å². The zero-order valence-corrected chi connectivity index (χ0v) is 39.9. The normalized spacial score (nSPS) is 15.7. The predicted octanol–water partition coefficient (Wildman–Crippen LogP) is 8.90. The zero-order valence-electron chi connectivity index (χ0n) is 38.9. The summed E-state index contributed by atoms with van der Waals surface area (Å²) < 4.78 is 81.8. The summed E-state index contributed by atoms with van der Waals surface area (Å²) >= 11 is 0. The second-order valence-corrected chi connectivity index (χ2v) is 22.8. The van der Waals surface area contributed by atoms with Gasteiger partial charge in [0.2, 0.25) is 11.5 Å². The number of hydrogen-bond acceptors (Lipinski definition) is 13. The highest BCUT2D eigenvalue weighted by Crippen LogP contribution is 2.40. The molecule has 0 N–H and O–H groups in total. The monoisotopic (exact) mass is 882 g/mol. The smallest absolute Gasteiger partial charge is 0.338 e. The topological polar surface area (TPSA) is 124 Å². The molecule has 0 amide bonds. The first-order valence-corrected chi connectivity index (χ1v) is 24.1. The average molecular weight is 883 g/mol. The van der Waals surface area contributed by atoms with Crippen LogP contribution in [0.4, 0.5) is 8.78 Å². The van der Waals surface area contributed by atoms with Crippen molar-refractivity contribution in [1.82, 2.24) is 9.80 Å². The molecule has 1 atom stereocenters. The van der Waals surface area contributed by atoms with Crippen molar-refractivity contribution in [3.63, 3.8) is 0 Å². The van der Waals surface area contributed by atoms with Crippen LogP contribution in [0.25, 0.3) is 0 Å². The number of ether oxygens (including phenoxy) is 8. The molecule has 1 fully saturated rings. The van der Waals surface area contributed by atoms with E-state index in [0.717, 1.165) is 0 Å². The van der Waals surface area contributed by atoms with Crippen molar-refractivity contribution in [1.29, 1.82) is 0 Å². The van der Waals surface area contributed by atoms with E-state index in [1.807, 2.05) is 9.80 Å². The summed E-state index contributed by atoms with van der Waals surface area (Å²) in [4.78, 5) is 30.3. The molecule has 13 nitrogen and oxygen atoms in total. The van der Waals surface area contributed by atoms with E-state index < -0.39 is 37.9 Å². The number of halogens is 2. The van der Waals surface area contributed by atoms with Crippen LogP contribution >= 0.6 is 0 Å². The fourth-order valence-corrected chi connectivity index (χ4v) is 7.82. The summed E-state index contributed by atoms with van der Waals surface area (Å²) in [5.41, 5.74) is -0.254. The lowest BCUT2D eigenvalue weighted by Crippen LogP contribution is -2.42. The van der Waals surface area contributed by atoms with Crippen molar-refractivity contribution in [3.05, 3.63) is 35.4 Å². The number of unbranched alkanes of at least 4 members (excludes halogenated alkanes) is 1. The molecule has 1 unspecified atom stereocenters. The predicted molar refractivity (Wildman–Crippen MR) is 234 cm³/mol. The van der Waals surface area contributed by atoms with E-state index in [-0.39, 0.29) is 35.9 Å². The summed E-state index contributed by atoms with van der Waals surface area (Å²) in [6, 6.07) is 6.15. The van der Waals surface area contributed by atoms with Gasteiger partial charge in [0.25, 0.3) is 5.92 Å². The van der Waals surface area contributed by atoms with Crippen LogP contribution in [0, 0.1) is 0 Å². The molecule has 1 heterocycles. The molecule has 1 saturated heterocycles. The van der Waals surface area contributed by atoms with Crippen molar-refractivity contribution in [2.24, 2.45) is 0 Å². The molecule has 61 heavy (non-hydrogen) atoms. The number of methoxy groups -OCH3 is 5. The molecule has 1 aliphatic rings. The molecule has 346 valence electrons. The van der Waals surface area contributed by atoms with Crippen LogP contribution in [0.15, 0.2) is 24.3 Å². The first-order valence-electron chi connectivity index (χ1n) is 21.2. The number of rotatable bonds is 23. The van der Waals surface area contributed by atoms with Gasteiger partial charge >= 0.3 is 11.9 Å². The van der Waals surface area contributed by atoms with E-state index in [9.17, 15) is 9.59 Å². The van der Waals surface area contributed by atoms with Gasteiger partial charge in [0.05, 0.1) is 66.4 Å². The fourth-order valence-electron chi connectivity index (χ4n) is 6.73. The lowest BCUT2D eigenvalue weighted by molar-refractivity contribution is -0.0385. The minimum atomic E-state index is -2.84. The SMILES string of the molecule is COc1cc(C(=O)OC(CCCCN2CCN(CCCO[Si](C)(C)C(C)(C)C)CC(F)(F)C2)CCCOc2cc(C(=O)OC(C)(C)C)cc(OC)c2OC)cc(OC)c1OC. The van der Waals surface area contributed by atoms with Crippen molar-refractivity contribution >= 4 is 20.3 Å². The van der Waals surface area contributed by atoms with Crippen LogP contribution in [0.5, 0.6) is 34.5 Å². The van der Waals surface area contributed by atoms with Gasteiger partial charge in [-0.25, -0.2) is 18.4 Å². The summed E-state index contributed by atoms with van der Waals surface area (Å²) in [5, 5.41) is 0.0979. The molecule has 0 aromatic heterocycles. The third-order valence-electron chi connectivity index (χ3n) is 11.0. The highest BCUT2D eigenvalue weighted by atomic mass is 28.4. The van der Waals surface area contributed by atoms with E-state index in [0.29, 0.717) is 106 Å². The first kappa shape index (κ1) is 51.5. The van der Waals surface area contributed by atoms with Crippen molar-refractivity contribution < 1.29 is 60.7 Å². The van der Waals surface area contributed by atoms with E-state index >= 15 is 8.78 Å². The summed E-state index contributed by atoms with van der Waals surface area (Å²) in [7, 11) is 5.46. The lowest BCUT2D eigenvalue weighted by Gasteiger charge is -2.36. The quantitative estimate of drug-likeness (QED) is 0.0600. The molecule has 0 saturated carbocycles. The Labute approximate surface area is 363 Å². The maximum absolute atomic E-state index is 15.2. The number of carbonyl (C=O) groups excluding carboxylic acids is 2. The molecule has 3 rings (SSSR count). The van der Waals surface area contributed by atoms with Crippen LogP contribution in [0.2, 0.25) is 18.1 Å². The van der Waals surface area contributed by atoms with Crippen LogP contribution in [-0.4, -0.2) is 136 Å². The molecule has 0 aliphatic carbocycles. The second-order valence-electron chi connectivity index (χ2n) is 18.0. The Balaban J connectivity index is 1.68. The highest BCUT2D eigenvalue weighted by Gasteiger charge is 2.38. The van der Waals surface area contributed by atoms with Crippen LogP contribution in [0.3, 0.4) is 0 Å². The third-order valence-corrected chi connectivity index (χ3v) is 15.5. The molecule has 2 aromatic carbocycles. The Morgan fingerprint density at radius 1 is 0.672 bits per heavy atom. The molecular formula is C45H72F2N2O11Si. The van der Waals surface area contributed by atoms with E-state index in [4.69, 9.17) is 42.3 Å². The van der Waals surface area contributed by atoms with Gasteiger partial charge < -0.3 is 42.3 Å². The summed E-state index contributed by atoms with van der Waals surface area (Å²) in [6.45, 7) is 18.7. The highest BCUT2D eigenvalue weighted by molar-refractivity contribution is 6.74. The number of carbonyl (C=O) groups is 2. The Hall–Kier alpha value is -3.86. The average Bonchev–Trinajstić information content (AvgIpc) is 3.33. The van der Waals surface area contributed by atoms with Crippen LogP contribution in [0.1, 0.15) is 101 Å². The molecule has 2 aromatic rings. The van der Waals surface area contributed by atoms with E-state index in [1.165, 1.54) is 53.7 Å². The third kappa shape index (κ3) is 16.1. The molecule has 16 heteroatoms. The Morgan fingerprint density at radius 2 is 1.15 bits per heavy atom. The van der Waals surface area contributed by atoms with E-state index in [1.54, 1.807) is 26.8 Å². The Bertz CT molecular complexity index is 1690. The number of nitrogens with zero attached hydrogens (tertiary/aromatic N) is 2. The Kier molecular flexibility index (Phi) is 19.4. The van der Waals surface area contributed by atoms with Gasteiger partial charge in [-0.1, -0.05) is 20.8 Å². The van der Waals surface area contributed by atoms with Crippen molar-refractivity contribution in [2.75, 3.05) is 88.0 Å². The molecule has 0 radical (unpaired) electrons. The van der Waals surface area contributed by atoms with Gasteiger partial charge in [0.15, 0.2) is 31.3 Å². The van der Waals surface area contributed by atoms with Crippen molar-refractivity contribution in [2.45, 2.75) is 116 Å². The first-order chi connectivity index (χ1) is 28.6. The van der Waals surface area contributed by atoms with Gasteiger partial charge in [-0.3, -0.25) is 9.80 Å². The molecular weight excluding hydrogens is 811 g/mol.